The Kier molecular flexibility index (Phi) is 4.14. The zero-order valence-electron chi connectivity index (χ0n) is 12.1. The molecule has 0 aromatic heterocycles. The van der Waals surface area contributed by atoms with Crippen LogP contribution in [0.1, 0.15) is 24.8 Å². The second kappa shape index (κ2) is 5.83. The van der Waals surface area contributed by atoms with E-state index in [1.807, 2.05) is 0 Å². The zero-order chi connectivity index (χ0) is 16.8. The highest BCUT2D eigenvalue weighted by Crippen LogP contribution is 2.41. The minimum atomic E-state index is -4.73. The van der Waals surface area contributed by atoms with Gasteiger partial charge in [-0.3, -0.25) is 15.0 Å². The number of nitro benzene ring substituents is 1. The van der Waals surface area contributed by atoms with Gasteiger partial charge in [-0.15, -0.1) is 0 Å². The normalized spacial score (nSPS) is 22.3. The monoisotopic (exact) mass is 349 g/mol. The van der Waals surface area contributed by atoms with Gasteiger partial charge in [-0.1, -0.05) is 11.6 Å². The Labute approximate surface area is 135 Å². The number of hydrogen-bond donors (Lipinski definition) is 1. The molecule has 1 saturated heterocycles. The first-order valence-electron chi connectivity index (χ1n) is 7.31. The maximum absolute atomic E-state index is 12.8. The Morgan fingerprint density at radius 1 is 1.30 bits per heavy atom. The van der Waals surface area contributed by atoms with Gasteiger partial charge in [-0.25, -0.2) is 0 Å². The first-order valence-corrected chi connectivity index (χ1v) is 7.69. The first-order chi connectivity index (χ1) is 10.8. The molecule has 1 aromatic rings. The van der Waals surface area contributed by atoms with Crippen LogP contribution in [0.15, 0.2) is 12.1 Å². The molecule has 9 heteroatoms. The predicted molar refractivity (Wildman–Crippen MR) is 79.7 cm³/mol. The summed E-state index contributed by atoms with van der Waals surface area (Å²) in [6.45, 7) is 1.63. The van der Waals surface area contributed by atoms with Crippen molar-refractivity contribution in [1.82, 2.24) is 4.90 Å². The molecule has 1 aromatic carbocycles. The average molecular weight is 350 g/mol. The van der Waals surface area contributed by atoms with Gasteiger partial charge in [0.25, 0.3) is 5.69 Å². The molecule has 1 atom stereocenters. The molecule has 1 aliphatic carbocycles. The maximum atomic E-state index is 12.8. The minimum absolute atomic E-state index is 0.0258. The molecule has 0 unspecified atom stereocenters. The second-order valence-electron chi connectivity index (χ2n) is 5.96. The number of anilines is 1. The molecular formula is C14H15ClF3N3O2. The summed E-state index contributed by atoms with van der Waals surface area (Å²) in [5.74, 6) is 0. The van der Waals surface area contributed by atoms with Crippen LogP contribution in [0.3, 0.4) is 0 Å². The van der Waals surface area contributed by atoms with Crippen molar-refractivity contribution in [2.45, 2.75) is 37.5 Å². The fraction of sp³-hybridized carbons (Fsp3) is 0.571. The lowest BCUT2D eigenvalue weighted by atomic mass is 10.1. The summed E-state index contributed by atoms with van der Waals surface area (Å²) in [5.41, 5.74) is -1.76. The van der Waals surface area contributed by atoms with Crippen LogP contribution in [0.5, 0.6) is 0 Å². The van der Waals surface area contributed by atoms with Crippen LogP contribution in [0.4, 0.5) is 24.5 Å². The first kappa shape index (κ1) is 16.3. The van der Waals surface area contributed by atoms with Gasteiger partial charge in [-0.2, -0.15) is 13.2 Å². The van der Waals surface area contributed by atoms with Crippen LogP contribution in [0.2, 0.25) is 5.02 Å². The number of nitro groups is 1. The molecule has 0 amide bonds. The highest BCUT2D eigenvalue weighted by atomic mass is 35.5. The molecule has 1 saturated carbocycles. The molecule has 5 nitrogen and oxygen atoms in total. The van der Waals surface area contributed by atoms with E-state index in [9.17, 15) is 23.3 Å². The molecule has 23 heavy (non-hydrogen) atoms. The molecule has 2 fully saturated rings. The molecule has 3 rings (SSSR count). The van der Waals surface area contributed by atoms with E-state index in [-0.39, 0.29) is 11.7 Å². The number of nitrogens with one attached hydrogen (secondary N) is 1. The van der Waals surface area contributed by atoms with E-state index >= 15 is 0 Å². The fourth-order valence-corrected chi connectivity index (χ4v) is 3.21. The summed E-state index contributed by atoms with van der Waals surface area (Å²) in [7, 11) is 0. The van der Waals surface area contributed by atoms with Crippen molar-refractivity contribution in [3.8, 4) is 0 Å². The number of likely N-dealkylation sites (tertiary alicyclic amines) is 1. The predicted octanol–water partition coefficient (Wildman–Crippen LogP) is 3.92. The van der Waals surface area contributed by atoms with E-state index in [1.54, 1.807) is 0 Å². The van der Waals surface area contributed by atoms with E-state index in [0.717, 1.165) is 25.6 Å². The molecule has 1 aliphatic heterocycles. The molecule has 126 valence electrons. The standard InChI is InChI=1S/C14H15ClF3N3O2/c15-11-6-12(13(21(22)23)5-10(11)14(16,17)18)19-8-3-4-20(7-8)9-1-2-9/h5-6,8-9,19H,1-4,7H2/t8-/m0/s1. The number of rotatable bonds is 4. The van der Waals surface area contributed by atoms with Crippen molar-refractivity contribution >= 4 is 23.0 Å². The van der Waals surface area contributed by atoms with Crippen molar-refractivity contribution in [3.63, 3.8) is 0 Å². The second-order valence-corrected chi connectivity index (χ2v) is 6.37. The topological polar surface area (TPSA) is 58.4 Å². The highest BCUT2D eigenvalue weighted by molar-refractivity contribution is 6.31. The van der Waals surface area contributed by atoms with E-state index in [1.165, 1.54) is 12.8 Å². The number of hydrogen-bond acceptors (Lipinski definition) is 4. The largest absolute Gasteiger partial charge is 0.418 e. The van der Waals surface area contributed by atoms with Crippen LogP contribution in [-0.4, -0.2) is 35.0 Å². The Hall–Kier alpha value is -1.54. The van der Waals surface area contributed by atoms with Crippen molar-refractivity contribution in [3.05, 3.63) is 32.8 Å². The summed E-state index contributed by atoms with van der Waals surface area (Å²) >= 11 is 5.67. The highest BCUT2D eigenvalue weighted by Gasteiger charge is 2.38. The van der Waals surface area contributed by atoms with Crippen LogP contribution >= 0.6 is 11.6 Å². The Morgan fingerprint density at radius 3 is 2.57 bits per heavy atom. The summed E-state index contributed by atoms with van der Waals surface area (Å²) in [5, 5.41) is 13.6. The molecule has 1 heterocycles. The number of nitrogens with zero attached hydrogens (tertiary/aromatic N) is 2. The van der Waals surface area contributed by atoms with Gasteiger partial charge < -0.3 is 5.32 Å². The Morgan fingerprint density at radius 2 is 2.00 bits per heavy atom. The Bertz CT molecular complexity index is 634. The van der Waals surface area contributed by atoms with E-state index in [2.05, 4.69) is 10.2 Å². The summed E-state index contributed by atoms with van der Waals surface area (Å²) in [4.78, 5) is 12.6. The Balaban J connectivity index is 1.83. The minimum Gasteiger partial charge on any atom is -0.375 e. The van der Waals surface area contributed by atoms with Gasteiger partial charge in [0.15, 0.2) is 0 Å². The lowest BCUT2D eigenvalue weighted by Gasteiger charge is -2.18. The van der Waals surface area contributed by atoms with Crippen molar-refractivity contribution in [2.75, 3.05) is 18.4 Å². The van der Waals surface area contributed by atoms with Gasteiger partial charge in [-0.05, 0) is 25.3 Å². The fourth-order valence-electron chi connectivity index (χ4n) is 2.94. The van der Waals surface area contributed by atoms with E-state index in [4.69, 9.17) is 11.6 Å². The summed E-state index contributed by atoms with van der Waals surface area (Å²) in [6.07, 6.45) is -1.60. The van der Waals surface area contributed by atoms with Gasteiger partial charge in [0.05, 0.1) is 15.5 Å². The molecule has 0 bridgehead atoms. The molecule has 0 spiro atoms. The van der Waals surface area contributed by atoms with Crippen molar-refractivity contribution in [2.24, 2.45) is 0 Å². The van der Waals surface area contributed by atoms with Gasteiger partial charge >= 0.3 is 6.18 Å². The van der Waals surface area contributed by atoms with E-state index in [0.29, 0.717) is 12.1 Å². The molecule has 1 N–H and O–H groups in total. The zero-order valence-corrected chi connectivity index (χ0v) is 12.8. The number of benzene rings is 1. The molecule has 0 radical (unpaired) electrons. The smallest absolute Gasteiger partial charge is 0.375 e. The van der Waals surface area contributed by atoms with Gasteiger partial charge in [0.1, 0.15) is 5.69 Å². The maximum Gasteiger partial charge on any atom is 0.418 e. The number of halogens is 4. The third-order valence-corrected chi connectivity index (χ3v) is 4.54. The van der Waals surface area contributed by atoms with E-state index < -0.39 is 27.4 Å². The average Bonchev–Trinajstić information content (AvgIpc) is 3.18. The quantitative estimate of drug-likeness (QED) is 0.661. The molecule has 2 aliphatic rings. The van der Waals surface area contributed by atoms with Crippen LogP contribution in [-0.2, 0) is 6.18 Å². The summed E-state index contributed by atoms with van der Waals surface area (Å²) < 4.78 is 38.5. The van der Waals surface area contributed by atoms with Crippen LogP contribution < -0.4 is 5.32 Å². The lowest BCUT2D eigenvalue weighted by Crippen LogP contribution is -2.28. The van der Waals surface area contributed by atoms with Crippen LogP contribution in [0.25, 0.3) is 0 Å². The van der Waals surface area contributed by atoms with Crippen molar-refractivity contribution < 1.29 is 18.1 Å². The SMILES string of the molecule is O=[N+]([O-])c1cc(C(F)(F)F)c(Cl)cc1N[C@H]1CCN(C2CC2)C1. The lowest BCUT2D eigenvalue weighted by molar-refractivity contribution is -0.384. The summed E-state index contributed by atoms with van der Waals surface area (Å²) in [6, 6.07) is 2.07. The third kappa shape index (κ3) is 3.53. The number of alkyl halides is 3. The van der Waals surface area contributed by atoms with Crippen LogP contribution in [0, 0.1) is 10.1 Å². The molecular weight excluding hydrogens is 335 g/mol. The van der Waals surface area contributed by atoms with Crippen molar-refractivity contribution in [1.29, 1.82) is 0 Å². The third-order valence-electron chi connectivity index (χ3n) is 4.23. The van der Waals surface area contributed by atoms with Gasteiger partial charge in [0.2, 0.25) is 0 Å². The van der Waals surface area contributed by atoms with Gasteiger partial charge in [0, 0.05) is 31.2 Å².